The number of amides is 1. The molecule has 0 N–H and O–H groups in total. The van der Waals surface area contributed by atoms with Crippen LogP contribution in [0, 0.1) is 17.6 Å². The Morgan fingerprint density at radius 2 is 2.00 bits per heavy atom. The number of hydrogen-bond acceptors (Lipinski definition) is 5. The van der Waals surface area contributed by atoms with Gasteiger partial charge in [0.05, 0.1) is 13.7 Å². The first-order valence-corrected chi connectivity index (χ1v) is 8.82. The van der Waals surface area contributed by atoms with E-state index in [1.165, 1.54) is 18.1 Å². The standard InChI is InChI=1S/C19H23F2NO5/c1-3-27-18(24)11-17(23)13-6-7-22(19(25)26-2)15(9-13)8-12-4-5-14(20)10-16(12)21/h4-5,10,13,15H,3,6-9,11H2,1-2H3/t13-,15+/m1/s1. The fraction of sp³-hybridized carbons (Fsp3) is 0.526. The SMILES string of the molecule is CCOC(=O)CC(=O)[C@@H]1CCN(C(=O)OC)[C@@H](Cc2ccc(F)cc2F)C1. The van der Waals surface area contributed by atoms with E-state index in [2.05, 4.69) is 0 Å². The first-order valence-electron chi connectivity index (χ1n) is 8.82. The summed E-state index contributed by atoms with van der Waals surface area (Å²) < 4.78 is 36.7. The number of ether oxygens (including phenoxy) is 2. The van der Waals surface area contributed by atoms with Gasteiger partial charge >= 0.3 is 12.1 Å². The Kier molecular flexibility index (Phi) is 7.27. The Bertz CT molecular complexity index is 709. The average molecular weight is 383 g/mol. The topological polar surface area (TPSA) is 72.9 Å². The Labute approximate surface area is 156 Å². The second kappa shape index (κ2) is 9.43. The van der Waals surface area contributed by atoms with Crippen molar-refractivity contribution in [3.8, 4) is 0 Å². The van der Waals surface area contributed by atoms with E-state index in [1.807, 2.05) is 0 Å². The number of piperidine rings is 1. The molecule has 27 heavy (non-hydrogen) atoms. The first-order chi connectivity index (χ1) is 12.8. The first kappa shape index (κ1) is 20.8. The molecule has 0 aliphatic carbocycles. The van der Waals surface area contributed by atoms with Gasteiger partial charge in [-0.2, -0.15) is 0 Å². The predicted octanol–water partition coefficient (Wildman–Crippen LogP) is 2.88. The Balaban J connectivity index is 2.13. The number of likely N-dealkylation sites (tertiary alicyclic amines) is 1. The van der Waals surface area contributed by atoms with Crippen molar-refractivity contribution in [2.75, 3.05) is 20.3 Å². The summed E-state index contributed by atoms with van der Waals surface area (Å²) in [6.45, 7) is 2.10. The highest BCUT2D eigenvalue weighted by molar-refractivity contribution is 5.96. The zero-order valence-corrected chi connectivity index (χ0v) is 15.4. The highest BCUT2D eigenvalue weighted by Gasteiger charge is 2.36. The molecule has 1 fully saturated rings. The third-order valence-corrected chi connectivity index (χ3v) is 4.67. The van der Waals surface area contributed by atoms with E-state index in [0.29, 0.717) is 6.42 Å². The van der Waals surface area contributed by atoms with Crippen LogP contribution in [0.15, 0.2) is 18.2 Å². The maximum absolute atomic E-state index is 14.0. The Hall–Kier alpha value is -2.51. The van der Waals surface area contributed by atoms with Crippen LogP contribution >= 0.6 is 0 Å². The van der Waals surface area contributed by atoms with E-state index in [-0.39, 0.29) is 43.8 Å². The maximum atomic E-state index is 14.0. The third-order valence-electron chi connectivity index (χ3n) is 4.67. The van der Waals surface area contributed by atoms with Gasteiger partial charge in [-0.1, -0.05) is 6.07 Å². The normalized spacial score (nSPS) is 19.5. The minimum absolute atomic E-state index is 0.115. The lowest BCUT2D eigenvalue weighted by atomic mass is 9.84. The van der Waals surface area contributed by atoms with Gasteiger partial charge in [-0.15, -0.1) is 0 Å². The molecule has 1 amide bonds. The van der Waals surface area contributed by atoms with Gasteiger partial charge in [0.1, 0.15) is 23.8 Å². The van der Waals surface area contributed by atoms with Crippen molar-refractivity contribution in [2.45, 2.75) is 38.6 Å². The van der Waals surface area contributed by atoms with Gasteiger partial charge in [0, 0.05) is 24.6 Å². The number of halogens is 2. The van der Waals surface area contributed by atoms with Crippen molar-refractivity contribution in [1.82, 2.24) is 4.90 Å². The number of carbonyl (C=O) groups is 3. The number of rotatable bonds is 6. The molecule has 2 atom stereocenters. The van der Waals surface area contributed by atoms with Crippen LogP contribution in [-0.2, 0) is 25.5 Å². The van der Waals surface area contributed by atoms with E-state index in [0.717, 1.165) is 12.1 Å². The van der Waals surface area contributed by atoms with Crippen molar-refractivity contribution in [1.29, 1.82) is 0 Å². The number of hydrogen-bond donors (Lipinski definition) is 0. The number of ketones is 1. The molecular formula is C19H23F2NO5. The van der Waals surface area contributed by atoms with E-state index < -0.39 is 35.7 Å². The fourth-order valence-electron chi connectivity index (χ4n) is 3.33. The van der Waals surface area contributed by atoms with E-state index >= 15 is 0 Å². The summed E-state index contributed by atoms with van der Waals surface area (Å²) in [4.78, 5) is 37.4. The second-order valence-corrected chi connectivity index (χ2v) is 6.43. The van der Waals surface area contributed by atoms with Crippen molar-refractivity contribution in [3.63, 3.8) is 0 Å². The predicted molar refractivity (Wildman–Crippen MR) is 91.9 cm³/mol. The van der Waals surface area contributed by atoms with Gasteiger partial charge in [0.25, 0.3) is 0 Å². The summed E-state index contributed by atoms with van der Waals surface area (Å²) in [6, 6.07) is 2.75. The molecular weight excluding hydrogens is 360 g/mol. The van der Waals surface area contributed by atoms with Crippen LogP contribution in [0.5, 0.6) is 0 Å². The zero-order chi connectivity index (χ0) is 20.0. The number of benzene rings is 1. The van der Waals surface area contributed by atoms with Crippen LogP contribution in [0.25, 0.3) is 0 Å². The smallest absolute Gasteiger partial charge is 0.409 e. The van der Waals surface area contributed by atoms with Crippen LogP contribution in [0.1, 0.15) is 31.7 Å². The molecule has 0 radical (unpaired) electrons. The molecule has 0 saturated carbocycles. The van der Waals surface area contributed by atoms with Gasteiger partial charge in [0.15, 0.2) is 0 Å². The minimum atomic E-state index is -0.709. The van der Waals surface area contributed by atoms with Crippen molar-refractivity contribution < 1.29 is 32.6 Å². The Morgan fingerprint density at radius 3 is 2.63 bits per heavy atom. The number of methoxy groups -OCH3 is 1. The van der Waals surface area contributed by atoms with Gasteiger partial charge in [-0.05, 0) is 37.8 Å². The van der Waals surface area contributed by atoms with E-state index in [1.54, 1.807) is 6.92 Å². The average Bonchev–Trinajstić information content (AvgIpc) is 2.63. The summed E-state index contributed by atoms with van der Waals surface area (Å²) in [5.74, 6) is -2.68. The highest BCUT2D eigenvalue weighted by atomic mass is 19.1. The number of Topliss-reactive ketones (excluding diaryl/α,β-unsaturated/α-hetero) is 1. The van der Waals surface area contributed by atoms with Crippen molar-refractivity contribution >= 4 is 17.8 Å². The number of esters is 1. The summed E-state index contributed by atoms with van der Waals surface area (Å²) in [5, 5.41) is 0. The lowest BCUT2D eigenvalue weighted by Gasteiger charge is -2.38. The molecule has 1 aliphatic heterocycles. The third kappa shape index (κ3) is 5.48. The number of nitrogens with zero attached hydrogens (tertiary/aromatic N) is 1. The summed E-state index contributed by atoms with van der Waals surface area (Å²) in [6.07, 6.45) is -0.127. The maximum Gasteiger partial charge on any atom is 0.409 e. The van der Waals surface area contributed by atoms with E-state index in [4.69, 9.17) is 9.47 Å². The molecule has 0 bridgehead atoms. The molecule has 1 saturated heterocycles. The molecule has 1 heterocycles. The molecule has 6 nitrogen and oxygen atoms in total. The van der Waals surface area contributed by atoms with Crippen LogP contribution in [0.4, 0.5) is 13.6 Å². The van der Waals surface area contributed by atoms with Crippen LogP contribution in [-0.4, -0.2) is 49.0 Å². The minimum Gasteiger partial charge on any atom is -0.466 e. The van der Waals surface area contributed by atoms with E-state index in [9.17, 15) is 23.2 Å². The summed E-state index contributed by atoms with van der Waals surface area (Å²) in [7, 11) is 1.25. The van der Waals surface area contributed by atoms with Crippen molar-refractivity contribution in [2.24, 2.45) is 5.92 Å². The highest BCUT2D eigenvalue weighted by Crippen LogP contribution is 2.28. The zero-order valence-electron chi connectivity index (χ0n) is 15.4. The Morgan fingerprint density at radius 1 is 1.26 bits per heavy atom. The molecule has 2 rings (SSSR count). The molecule has 1 aromatic carbocycles. The second-order valence-electron chi connectivity index (χ2n) is 6.43. The van der Waals surface area contributed by atoms with Gasteiger partial charge < -0.3 is 14.4 Å². The molecule has 0 spiro atoms. The van der Waals surface area contributed by atoms with Crippen LogP contribution in [0.2, 0.25) is 0 Å². The fourth-order valence-corrected chi connectivity index (χ4v) is 3.33. The van der Waals surface area contributed by atoms with Crippen LogP contribution in [0.3, 0.4) is 0 Å². The molecule has 0 aromatic heterocycles. The lowest BCUT2D eigenvalue weighted by molar-refractivity contribution is -0.146. The molecule has 1 aliphatic rings. The van der Waals surface area contributed by atoms with Gasteiger partial charge in [-0.3, -0.25) is 9.59 Å². The van der Waals surface area contributed by atoms with Crippen LogP contribution < -0.4 is 0 Å². The van der Waals surface area contributed by atoms with Gasteiger partial charge in [-0.25, -0.2) is 13.6 Å². The molecule has 0 unspecified atom stereocenters. The largest absolute Gasteiger partial charge is 0.466 e. The quantitative estimate of drug-likeness (QED) is 0.558. The monoisotopic (exact) mass is 383 g/mol. The molecule has 148 valence electrons. The van der Waals surface area contributed by atoms with Crippen molar-refractivity contribution in [3.05, 3.63) is 35.4 Å². The van der Waals surface area contributed by atoms with Gasteiger partial charge in [0.2, 0.25) is 0 Å². The lowest BCUT2D eigenvalue weighted by Crippen LogP contribution is -2.48. The molecule has 1 aromatic rings. The summed E-state index contributed by atoms with van der Waals surface area (Å²) in [5.41, 5.74) is 0.244. The summed E-state index contributed by atoms with van der Waals surface area (Å²) >= 11 is 0. The number of carbonyl (C=O) groups excluding carboxylic acids is 3. The molecule has 8 heteroatoms.